The van der Waals surface area contributed by atoms with E-state index in [9.17, 15) is 13.2 Å². The first-order valence-electron chi connectivity index (χ1n) is 7.55. The largest absolute Gasteiger partial charge is 0.497 e. The quantitative estimate of drug-likeness (QED) is 0.598. The van der Waals surface area contributed by atoms with Crippen LogP contribution in [0.4, 0.5) is 0 Å². The second kappa shape index (κ2) is 6.57. The smallest absolute Gasteiger partial charge is 0.324 e. The Hall–Kier alpha value is -1.86. The minimum atomic E-state index is -3.85. The van der Waals surface area contributed by atoms with Crippen molar-refractivity contribution in [1.82, 2.24) is 4.31 Å². The molecule has 24 heavy (non-hydrogen) atoms. The molecule has 0 saturated carbocycles. The zero-order chi connectivity index (χ0) is 18.1. The third-order valence-corrected chi connectivity index (χ3v) is 6.32. The molecule has 0 spiro atoms. The van der Waals surface area contributed by atoms with E-state index in [1.165, 1.54) is 30.7 Å². The number of carbonyl (C=O) groups excluding carboxylic acids is 1. The maximum Gasteiger partial charge on any atom is 0.324 e. The monoisotopic (exact) mass is 353 g/mol. The molecule has 1 aliphatic rings. The summed E-state index contributed by atoms with van der Waals surface area (Å²) >= 11 is 0. The number of carbonyl (C=O) groups is 1. The third kappa shape index (κ3) is 3.06. The molecule has 1 aromatic carbocycles. The van der Waals surface area contributed by atoms with E-state index in [-0.39, 0.29) is 17.4 Å². The molecular formula is C17H23NO5S. The molecule has 0 unspecified atom stereocenters. The van der Waals surface area contributed by atoms with Gasteiger partial charge in [0.25, 0.3) is 0 Å². The number of ether oxygens (including phenoxy) is 2. The van der Waals surface area contributed by atoms with Crippen molar-refractivity contribution in [2.45, 2.75) is 24.8 Å². The third-order valence-electron chi connectivity index (χ3n) is 4.48. The fourth-order valence-corrected chi connectivity index (χ4v) is 4.93. The normalized spacial score (nSPS) is 23.7. The van der Waals surface area contributed by atoms with Crippen molar-refractivity contribution in [1.29, 1.82) is 0 Å². The van der Waals surface area contributed by atoms with Crippen molar-refractivity contribution in [2.24, 2.45) is 11.3 Å². The van der Waals surface area contributed by atoms with Gasteiger partial charge in [0, 0.05) is 12.5 Å². The lowest BCUT2D eigenvalue weighted by atomic mass is 9.79. The molecule has 0 aromatic heterocycles. The van der Waals surface area contributed by atoms with Gasteiger partial charge in [0.2, 0.25) is 10.0 Å². The van der Waals surface area contributed by atoms with Crippen LogP contribution in [0.2, 0.25) is 0 Å². The summed E-state index contributed by atoms with van der Waals surface area (Å²) in [6, 6.07) is 5.17. The number of methoxy groups -OCH3 is 2. The SMILES string of the molecule is C=C[C@H]1[C@H](C(=O)OC)N(S(=O)(=O)c2ccc(OC)cc2)CC1(C)C. The molecule has 1 fully saturated rings. The summed E-state index contributed by atoms with van der Waals surface area (Å²) in [5.74, 6) is -0.357. The summed E-state index contributed by atoms with van der Waals surface area (Å²) in [7, 11) is -1.09. The van der Waals surface area contributed by atoms with Gasteiger partial charge in [-0.05, 0) is 29.7 Å². The van der Waals surface area contributed by atoms with Crippen LogP contribution >= 0.6 is 0 Å². The van der Waals surface area contributed by atoms with Crippen molar-refractivity contribution in [3.05, 3.63) is 36.9 Å². The highest BCUT2D eigenvalue weighted by molar-refractivity contribution is 7.89. The van der Waals surface area contributed by atoms with Crippen LogP contribution in [0.3, 0.4) is 0 Å². The molecule has 132 valence electrons. The first-order valence-corrected chi connectivity index (χ1v) is 8.99. The second-order valence-electron chi connectivity index (χ2n) is 6.44. The number of benzene rings is 1. The van der Waals surface area contributed by atoms with Crippen molar-refractivity contribution in [2.75, 3.05) is 20.8 Å². The number of hydrogen-bond donors (Lipinski definition) is 0. The molecule has 1 heterocycles. The van der Waals surface area contributed by atoms with E-state index in [1.54, 1.807) is 18.2 Å². The molecule has 6 nitrogen and oxygen atoms in total. The Balaban J connectivity index is 2.49. The van der Waals surface area contributed by atoms with Gasteiger partial charge in [-0.1, -0.05) is 19.9 Å². The Morgan fingerprint density at radius 3 is 2.33 bits per heavy atom. The Morgan fingerprint density at radius 2 is 1.88 bits per heavy atom. The predicted molar refractivity (Wildman–Crippen MR) is 90.2 cm³/mol. The van der Waals surface area contributed by atoms with E-state index >= 15 is 0 Å². The summed E-state index contributed by atoms with van der Waals surface area (Å²) in [6.07, 6.45) is 1.63. The van der Waals surface area contributed by atoms with Crippen LogP contribution in [-0.4, -0.2) is 45.5 Å². The average Bonchev–Trinajstić information content (AvgIpc) is 2.85. The Labute approximate surface area is 143 Å². The lowest BCUT2D eigenvalue weighted by Crippen LogP contribution is -2.43. The number of rotatable bonds is 5. The molecule has 1 aromatic rings. The van der Waals surface area contributed by atoms with Crippen LogP contribution in [0.5, 0.6) is 5.75 Å². The highest BCUT2D eigenvalue weighted by Gasteiger charge is 2.53. The molecule has 0 amide bonds. The average molecular weight is 353 g/mol. The van der Waals surface area contributed by atoms with E-state index in [4.69, 9.17) is 9.47 Å². The molecule has 0 radical (unpaired) electrons. The minimum absolute atomic E-state index is 0.109. The van der Waals surface area contributed by atoms with Crippen LogP contribution in [0.25, 0.3) is 0 Å². The van der Waals surface area contributed by atoms with E-state index in [2.05, 4.69) is 6.58 Å². The molecule has 0 aliphatic carbocycles. The van der Waals surface area contributed by atoms with Gasteiger partial charge >= 0.3 is 5.97 Å². The number of hydrogen-bond acceptors (Lipinski definition) is 5. The van der Waals surface area contributed by atoms with Crippen molar-refractivity contribution in [3.8, 4) is 5.75 Å². The van der Waals surface area contributed by atoms with Crippen LogP contribution < -0.4 is 4.74 Å². The van der Waals surface area contributed by atoms with Gasteiger partial charge in [-0.3, -0.25) is 4.79 Å². The topological polar surface area (TPSA) is 72.9 Å². The maximum absolute atomic E-state index is 13.1. The molecule has 0 N–H and O–H groups in total. The summed E-state index contributed by atoms with van der Waals surface area (Å²) in [5, 5.41) is 0. The van der Waals surface area contributed by atoms with Crippen LogP contribution in [0, 0.1) is 11.3 Å². The van der Waals surface area contributed by atoms with Crippen molar-refractivity contribution < 1.29 is 22.7 Å². The zero-order valence-electron chi connectivity index (χ0n) is 14.4. The lowest BCUT2D eigenvalue weighted by molar-refractivity contribution is -0.145. The highest BCUT2D eigenvalue weighted by atomic mass is 32.2. The van der Waals surface area contributed by atoms with E-state index in [1.807, 2.05) is 13.8 Å². The summed E-state index contributed by atoms with van der Waals surface area (Å²) in [6.45, 7) is 7.81. The Kier molecular flexibility index (Phi) is 5.05. The van der Waals surface area contributed by atoms with Gasteiger partial charge in [-0.15, -0.1) is 6.58 Å². The lowest BCUT2D eigenvalue weighted by Gasteiger charge is -2.25. The molecule has 2 atom stereocenters. The summed E-state index contributed by atoms with van der Waals surface area (Å²) < 4.78 is 37.2. The fraction of sp³-hybridized carbons (Fsp3) is 0.471. The fourth-order valence-electron chi connectivity index (χ4n) is 3.16. The summed E-state index contributed by atoms with van der Waals surface area (Å²) in [5.41, 5.74) is -0.430. The van der Waals surface area contributed by atoms with Gasteiger partial charge in [-0.2, -0.15) is 4.31 Å². The predicted octanol–water partition coefficient (Wildman–Crippen LogP) is 2.07. The molecule has 1 aliphatic heterocycles. The Morgan fingerprint density at radius 1 is 1.29 bits per heavy atom. The molecule has 0 bridgehead atoms. The second-order valence-corrected chi connectivity index (χ2v) is 8.33. The number of esters is 1. The highest BCUT2D eigenvalue weighted by Crippen LogP contribution is 2.43. The van der Waals surface area contributed by atoms with Gasteiger partial charge in [0.05, 0.1) is 19.1 Å². The zero-order valence-corrected chi connectivity index (χ0v) is 15.2. The molecule has 1 saturated heterocycles. The standard InChI is InChI=1S/C17H23NO5S/c1-6-14-15(16(19)23-5)18(11-17(14,2)3)24(20,21)13-9-7-12(22-4)8-10-13/h6-10,14-15H,1,11H2,2-5H3/t14-,15+/m0/s1. The van der Waals surface area contributed by atoms with Crippen molar-refractivity contribution in [3.63, 3.8) is 0 Å². The van der Waals surface area contributed by atoms with Crippen LogP contribution in [-0.2, 0) is 19.6 Å². The van der Waals surface area contributed by atoms with Gasteiger partial charge in [0.1, 0.15) is 11.8 Å². The van der Waals surface area contributed by atoms with Gasteiger partial charge in [-0.25, -0.2) is 8.42 Å². The number of nitrogens with zero attached hydrogens (tertiary/aromatic N) is 1. The van der Waals surface area contributed by atoms with Crippen LogP contribution in [0.15, 0.2) is 41.8 Å². The maximum atomic E-state index is 13.1. The van der Waals surface area contributed by atoms with Gasteiger partial charge in [0.15, 0.2) is 0 Å². The first-order chi connectivity index (χ1) is 11.2. The Bertz CT molecular complexity index is 724. The molecular weight excluding hydrogens is 330 g/mol. The van der Waals surface area contributed by atoms with Crippen molar-refractivity contribution >= 4 is 16.0 Å². The summed E-state index contributed by atoms with van der Waals surface area (Å²) in [4.78, 5) is 12.4. The minimum Gasteiger partial charge on any atom is -0.497 e. The van der Waals surface area contributed by atoms with Gasteiger partial charge < -0.3 is 9.47 Å². The molecule has 2 rings (SSSR count). The number of sulfonamides is 1. The first kappa shape index (κ1) is 18.5. The molecule has 7 heteroatoms. The van der Waals surface area contributed by atoms with Crippen LogP contribution in [0.1, 0.15) is 13.8 Å². The van der Waals surface area contributed by atoms with E-state index < -0.39 is 27.4 Å². The van der Waals surface area contributed by atoms with E-state index in [0.29, 0.717) is 5.75 Å². The van der Waals surface area contributed by atoms with E-state index in [0.717, 1.165) is 0 Å².